The van der Waals surface area contributed by atoms with E-state index in [0.717, 1.165) is 17.0 Å². The highest BCUT2D eigenvalue weighted by Crippen LogP contribution is 2.05. The second-order valence-electron chi connectivity index (χ2n) is 3.06. The first kappa shape index (κ1) is 10.2. The van der Waals surface area contributed by atoms with Gasteiger partial charge in [-0.25, -0.2) is 0 Å². The van der Waals surface area contributed by atoms with Crippen LogP contribution in [-0.4, -0.2) is 5.71 Å². The summed E-state index contributed by atoms with van der Waals surface area (Å²) in [6, 6.07) is 0. The largest absolute Gasteiger partial charge is 0.258 e. The molecule has 0 spiro atoms. The van der Waals surface area contributed by atoms with Gasteiger partial charge in [-0.2, -0.15) is 0 Å². The first-order valence-corrected chi connectivity index (χ1v) is 3.80. The van der Waals surface area contributed by atoms with Crippen molar-refractivity contribution in [2.45, 2.75) is 34.6 Å². The average molecular weight is 151 g/mol. The Morgan fingerprint density at radius 1 is 1.00 bits per heavy atom. The van der Waals surface area contributed by atoms with E-state index in [-0.39, 0.29) is 0 Å². The number of hydrogen-bond acceptors (Lipinski definition) is 1. The highest BCUT2D eigenvalue weighted by molar-refractivity contribution is 5.97. The van der Waals surface area contributed by atoms with E-state index >= 15 is 0 Å². The zero-order valence-corrected chi connectivity index (χ0v) is 8.15. The lowest BCUT2D eigenvalue weighted by Crippen LogP contribution is -1.92. The van der Waals surface area contributed by atoms with E-state index in [1.165, 1.54) is 5.57 Å². The van der Waals surface area contributed by atoms with Crippen LogP contribution in [0.25, 0.3) is 0 Å². The Labute approximate surface area is 69.5 Å². The fraction of sp³-hybridized carbons (Fsp3) is 0.500. The summed E-state index contributed by atoms with van der Waals surface area (Å²) in [5, 5.41) is 0. The van der Waals surface area contributed by atoms with Gasteiger partial charge in [-0.05, 0) is 40.2 Å². The molecule has 0 aromatic carbocycles. The molecule has 0 amide bonds. The molecule has 0 rings (SSSR count). The van der Waals surface area contributed by atoms with Crippen LogP contribution in [0.5, 0.6) is 0 Å². The van der Waals surface area contributed by atoms with Gasteiger partial charge < -0.3 is 0 Å². The fourth-order valence-electron chi connectivity index (χ4n) is 0.459. The summed E-state index contributed by atoms with van der Waals surface area (Å²) in [6.45, 7) is 13.9. The Balaban J connectivity index is 4.58. The molecular formula is C10H17N. The molecule has 0 heterocycles. The highest BCUT2D eigenvalue weighted by atomic mass is 14.7. The van der Waals surface area contributed by atoms with E-state index < -0.39 is 0 Å². The van der Waals surface area contributed by atoms with Crippen LogP contribution in [0.15, 0.2) is 28.4 Å². The molecule has 0 unspecified atom stereocenters. The number of allylic oxidation sites excluding steroid dienone is 3. The summed E-state index contributed by atoms with van der Waals surface area (Å²) >= 11 is 0. The van der Waals surface area contributed by atoms with Crippen molar-refractivity contribution in [1.82, 2.24) is 0 Å². The standard InChI is InChI=1S/C10H17N/c1-7(2)9(5)11-10(6)8(3)4/h1H2,2-6H3/b11-9-. The summed E-state index contributed by atoms with van der Waals surface area (Å²) in [5.41, 5.74) is 4.39. The molecule has 0 aromatic heterocycles. The fourth-order valence-corrected chi connectivity index (χ4v) is 0.459. The van der Waals surface area contributed by atoms with Crippen molar-refractivity contribution >= 4 is 5.71 Å². The summed E-state index contributed by atoms with van der Waals surface area (Å²) < 4.78 is 0. The second-order valence-corrected chi connectivity index (χ2v) is 3.06. The molecular weight excluding hydrogens is 134 g/mol. The quantitative estimate of drug-likeness (QED) is 0.537. The molecule has 62 valence electrons. The molecule has 0 aliphatic carbocycles. The lowest BCUT2D eigenvalue weighted by molar-refractivity contribution is 1.18. The van der Waals surface area contributed by atoms with Crippen LogP contribution in [0.4, 0.5) is 0 Å². The summed E-state index contributed by atoms with van der Waals surface area (Å²) in [7, 11) is 0. The number of aliphatic imine (C=N–C) groups is 1. The predicted octanol–water partition coefficient (Wildman–Crippen LogP) is 3.34. The van der Waals surface area contributed by atoms with Gasteiger partial charge in [-0.1, -0.05) is 12.2 Å². The van der Waals surface area contributed by atoms with E-state index in [1.54, 1.807) is 0 Å². The van der Waals surface area contributed by atoms with E-state index in [9.17, 15) is 0 Å². The zero-order valence-electron chi connectivity index (χ0n) is 8.15. The smallest absolute Gasteiger partial charge is 0.0399 e. The molecule has 0 atom stereocenters. The highest BCUT2D eigenvalue weighted by Gasteiger charge is 1.92. The van der Waals surface area contributed by atoms with E-state index in [2.05, 4.69) is 25.4 Å². The van der Waals surface area contributed by atoms with Crippen LogP contribution < -0.4 is 0 Å². The maximum Gasteiger partial charge on any atom is 0.0399 e. The summed E-state index contributed by atoms with van der Waals surface area (Å²) in [5.74, 6) is 0. The van der Waals surface area contributed by atoms with E-state index in [1.807, 2.05) is 20.8 Å². The SMILES string of the molecule is C=C(C)/C(C)=N\C(C)=C(C)C. The first-order valence-electron chi connectivity index (χ1n) is 3.80. The Morgan fingerprint density at radius 2 is 1.45 bits per heavy atom. The Hall–Kier alpha value is -0.850. The third-order valence-corrected chi connectivity index (χ3v) is 1.68. The van der Waals surface area contributed by atoms with Gasteiger partial charge in [-0.3, -0.25) is 4.99 Å². The van der Waals surface area contributed by atoms with Crippen LogP contribution in [0.3, 0.4) is 0 Å². The van der Waals surface area contributed by atoms with E-state index in [0.29, 0.717) is 0 Å². The molecule has 0 saturated heterocycles. The maximum absolute atomic E-state index is 4.37. The monoisotopic (exact) mass is 151 g/mol. The van der Waals surface area contributed by atoms with Gasteiger partial charge in [0.1, 0.15) is 0 Å². The van der Waals surface area contributed by atoms with Crippen LogP contribution in [0.2, 0.25) is 0 Å². The van der Waals surface area contributed by atoms with Crippen molar-refractivity contribution < 1.29 is 0 Å². The van der Waals surface area contributed by atoms with Crippen molar-refractivity contribution in [3.63, 3.8) is 0 Å². The molecule has 0 bridgehead atoms. The van der Waals surface area contributed by atoms with Crippen LogP contribution in [0, 0.1) is 0 Å². The van der Waals surface area contributed by atoms with Crippen molar-refractivity contribution in [1.29, 1.82) is 0 Å². The number of rotatable bonds is 2. The lowest BCUT2D eigenvalue weighted by Gasteiger charge is -2.00. The van der Waals surface area contributed by atoms with Gasteiger partial charge in [-0.15, -0.1) is 0 Å². The van der Waals surface area contributed by atoms with Crippen molar-refractivity contribution in [2.24, 2.45) is 4.99 Å². The molecule has 1 heteroatoms. The molecule has 0 aromatic rings. The minimum absolute atomic E-state index is 1.02. The van der Waals surface area contributed by atoms with Gasteiger partial charge in [0.25, 0.3) is 0 Å². The van der Waals surface area contributed by atoms with Gasteiger partial charge in [0.15, 0.2) is 0 Å². The number of nitrogens with zero attached hydrogens (tertiary/aromatic N) is 1. The van der Waals surface area contributed by atoms with Gasteiger partial charge in [0, 0.05) is 11.4 Å². The zero-order chi connectivity index (χ0) is 9.02. The first-order chi connectivity index (χ1) is 4.95. The molecule has 0 N–H and O–H groups in total. The Bertz CT molecular complexity index is 215. The third kappa shape index (κ3) is 3.76. The molecule has 11 heavy (non-hydrogen) atoms. The van der Waals surface area contributed by atoms with Crippen LogP contribution >= 0.6 is 0 Å². The minimum atomic E-state index is 1.02. The Kier molecular flexibility index (Phi) is 3.80. The second kappa shape index (κ2) is 4.12. The topological polar surface area (TPSA) is 12.4 Å². The third-order valence-electron chi connectivity index (χ3n) is 1.68. The molecule has 1 nitrogen and oxygen atoms in total. The van der Waals surface area contributed by atoms with Crippen LogP contribution in [-0.2, 0) is 0 Å². The minimum Gasteiger partial charge on any atom is -0.258 e. The maximum atomic E-state index is 4.37. The lowest BCUT2D eigenvalue weighted by atomic mass is 10.2. The Morgan fingerprint density at radius 3 is 1.73 bits per heavy atom. The van der Waals surface area contributed by atoms with Crippen molar-refractivity contribution in [3.8, 4) is 0 Å². The summed E-state index contributed by atoms with van der Waals surface area (Å²) in [6.07, 6.45) is 0. The van der Waals surface area contributed by atoms with Gasteiger partial charge in [0.2, 0.25) is 0 Å². The van der Waals surface area contributed by atoms with Crippen molar-refractivity contribution in [3.05, 3.63) is 23.4 Å². The average Bonchev–Trinajstić information content (AvgIpc) is 1.87. The molecule has 0 saturated carbocycles. The number of hydrogen-bond donors (Lipinski definition) is 0. The van der Waals surface area contributed by atoms with E-state index in [4.69, 9.17) is 0 Å². The summed E-state index contributed by atoms with van der Waals surface area (Å²) in [4.78, 5) is 4.37. The van der Waals surface area contributed by atoms with Gasteiger partial charge in [0.05, 0.1) is 0 Å². The molecule has 0 radical (unpaired) electrons. The van der Waals surface area contributed by atoms with Gasteiger partial charge >= 0.3 is 0 Å². The predicted molar refractivity (Wildman–Crippen MR) is 52.0 cm³/mol. The normalized spacial score (nSPS) is 11.2. The molecule has 0 fully saturated rings. The molecule has 0 aliphatic rings. The van der Waals surface area contributed by atoms with Crippen molar-refractivity contribution in [2.75, 3.05) is 0 Å². The molecule has 0 aliphatic heterocycles. The van der Waals surface area contributed by atoms with Crippen LogP contribution in [0.1, 0.15) is 34.6 Å².